The van der Waals surface area contributed by atoms with Crippen molar-refractivity contribution < 1.29 is 19.5 Å². The molecule has 0 unspecified atom stereocenters. The average Bonchev–Trinajstić information content (AvgIpc) is 2.54. The molecule has 0 aliphatic heterocycles. The molecule has 2 aromatic heterocycles. The summed E-state index contributed by atoms with van der Waals surface area (Å²) < 4.78 is 4.04. The second-order valence-electron chi connectivity index (χ2n) is 3.23. The van der Waals surface area contributed by atoms with Gasteiger partial charge >= 0.3 is 5.69 Å². The first-order valence-corrected chi connectivity index (χ1v) is 4.11. The summed E-state index contributed by atoms with van der Waals surface area (Å²) in [6.45, 7) is 0. The Morgan fingerprint density at radius 1 is 1.13 bits per heavy atom. The predicted octanol–water partition coefficient (Wildman–Crippen LogP) is -1.03. The Hall–Kier alpha value is -1.23. The summed E-state index contributed by atoms with van der Waals surface area (Å²) in [5.41, 5.74) is 0.180. The number of imidazole rings is 1. The van der Waals surface area contributed by atoms with Crippen molar-refractivity contribution in [1.29, 1.82) is 0 Å². The number of hydrogen-bond donors (Lipinski definition) is 0. The van der Waals surface area contributed by atoms with E-state index in [2.05, 4.69) is 4.98 Å². The van der Waals surface area contributed by atoms with Crippen LogP contribution in [0.15, 0.2) is 15.9 Å². The number of fused-ring (bicyclic) bond motifs is 1. The molecule has 0 spiro atoms. The van der Waals surface area contributed by atoms with Gasteiger partial charge in [-0.2, -0.15) is 0 Å². The zero-order chi connectivity index (χ0) is 10.5. The van der Waals surface area contributed by atoms with E-state index in [4.69, 9.17) is 0 Å². The molecule has 0 fully saturated rings. The van der Waals surface area contributed by atoms with E-state index in [0.717, 1.165) is 4.57 Å². The molecule has 15 heavy (non-hydrogen) atoms. The second-order valence-corrected chi connectivity index (χ2v) is 3.23. The zero-order valence-corrected chi connectivity index (χ0v) is 11.9. The minimum absolute atomic E-state index is 0. The SMILES string of the molecule is Cn1c(=O)c2c(ncn2C)n(C)c1=O.[Zn]. The van der Waals surface area contributed by atoms with Gasteiger partial charge in [-0.05, 0) is 0 Å². The molecule has 0 radical (unpaired) electrons. The fourth-order valence-corrected chi connectivity index (χ4v) is 1.47. The molecular formula is C8H10N4O2Zn. The van der Waals surface area contributed by atoms with Crippen molar-refractivity contribution in [2.45, 2.75) is 0 Å². The summed E-state index contributed by atoms with van der Waals surface area (Å²) in [5, 5.41) is 0. The van der Waals surface area contributed by atoms with E-state index in [-0.39, 0.29) is 30.7 Å². The maximum Gasteiger partial charge on any atom is 0.332 e. The summed E-state index contributed by atoms with van der Waals surface area (Å²) in [6.07, 6.45) is 1.52. The van der Waals surface area contributed by atoms with Gasteiger partial charge in [-0.25, -0.2) is 9.78 Å². The Bertz CT molecular complexity index is 622. The van der Waals surface area contributed by atoms with Gasteiger partial charge in [0.05, 0.1) is 6.33 Å². The topological polar surface area (TPSA) is 61.8 Å². The van der Waals surface area contributed by atoms with Crippen molar-refractivity contribution in [2.75, 3.05) is 0 Å². The quantitative estimate of drug-likeness (QED) is 0.568. The van der Waals surface area contributed by atoms with Crippen molar-refractivity contribution in [3.63, 3.8) is 0 Å². The summed E-state index contributed by atoms with van der Waals surface area (Å²) in [4.78, 5) is 27.2. The Kier molecular flexibility index (Phi) is 2.95. The van der Waals surface area contributed by atoms with E-state index >= 15 is 0 Å². The summed E-state index contributed by atoms with van der Waals surface area (Å²) in [5.74, 6) is 0. The van der Waals surface area contributed by atoms with Crippen molar-refractivity contribution >= 4 is 11.2 Å². The number of hydrogen-bond acceptors (Lipinski definition) is 3. The number of rotatable bonds is 0. The third kappa shape index (κ3) is 1.47. The Balaban J connectivity index is 0.00000112. The molecule has 0 aliphatic rings. The minimum atomic E-state index is -0.360. The normalized spacial score (nSPS) is 10.3. The summed E-state index contributed by atoms with van der Waals surface area (Å²) in [6, 6.07) is 0. The fraction of sp³-hybridized carbons (Fsp3) is 0.375. The summed E-state index contributed by atoms with van der Waals surface area (Å²) >= 11 is 0. The molecule has 0 aromatic carbocycles. The van der Waals surface area contributed by atoms with Gasteiger partial charge in [0, 0.05) is 40.6 Å². The molecule has 0 saturated carbocycles. The van der Waals surface area contributed by atoms with Crippen molar-refractivity contribution in [1.82, 2.24) is 18.7 Å². The Morgan fingerprint density at radius 3 is 2.33 bits per heavy atom. The van der Waals surface area contributed by atoms with Crippen LogP contribution in [0.1, 0.15) is 0 Å². The van der Waals surface area contributed by atoms with Crippen LogP contribution in [0.5, 0.6) is 0 Å². The molecule has 7 heteroatoms. The van der Waals surface area contributed by atoms with E-state index in [9.17, 15) is 9.59 Å². The molecular weight excluding hydrogens is 250 g/mol. The first kappa shape index (κ1) is 11.8. The molecule has 2 rings (SSSR count). The number of nitrogens with zero attached hydrogens (tertiary/aromatic N) is 4. The minimum Gasteiger partial charge on any atom is -0.328 e. The standard InChI is InChI=1S/C8H10N4O2.Zn/c1-10-4-9-6-5(10)7(13)12(3)8(14)11(6)2;/h4H,1-3H3;. The average molecular weight is 260 g/mol. The fourth-order valence-electron chi connectivity index (χ4n) is 1.47. The first-order valence-electron chi connectivity index (χ1n) is 4.11. The van der Waals surface area contributed by atoms with Gasteiger partial charge in [0.15, 0.2) is 11.2 Å². The van der Waals surface area contributed by atoms with Crippen LogP contribution < -0.4 is 11.2 Å². The maximum atomic E-state index is 11.7. The maximum absolute atomic E-state index is 11.7. The third-order valence-electron chi connectivity index (χ3n) is 2.32. The van der Waals surface area contributed by atoms with Crippen LogP contribution in [-0.2, 0) is 40.6 Å². The van der Waals surface area contributed by atoms with Gasteiger partial charge in [0.1, 0.15) is 0 Å². The van der Waals surface area contributed by atoms with E-state index in [0.29, 0.717) is 11.2 Å². The van der Waals surface area contributed by atoms with Crippen LogP contribution in [0, 0.1) is 0 Å². The molecule has 0 aliphatic carbocycles. The van der Waals surface area contributed by atoms with Crippen LogP contribution in [-0.4, -0.2) is 18.7 Å². The van der Waals surface area contributed by atoms with Crippen LogP contribution in [0.4, 0.5) is 0 Å². The van der Waals surface area contributed by atoms with Crippen LogP contribution in [0.2, 0.25) is 0 Å². The van der Waals surface area contributed by atoms with E-state index in [1.807, 2.05) is 0 Å². The van der Waals surface area contributed by atoms with Gasteiger partial charge in [-0.1, -0.05) is 0 Å². The molecule has 0 amide bonds. The van der Waals surface area contributed by atoms with Crippen molar-refractivity contribution in [2.24, 2.45) is 21.1 Å². The van der Waals surface area contributed by atoms with E-state index in [1.165, 1.54) is 17.9 Å². The largest absolute Gasteiger partial charge is 0.332 e. The van der Waals surface area contributed by atoms with Gasteiger partial charge in [0.2, 0.25) is 0 Å². The van der Waals surface area contributed by atoms with Gasteiger partial charge in [-0.3, -0.25) is 13.9 Å². The Labute approximate surface area is 97.9 Å². The van der Waals surface area contributed by atoms with Crippen LogP contribution in [0.3, 0.4) is 0 Å². The summed E-state index contributed by atoms with van der Waals surface area (Å²) in [7, 11) is 4.77. The van der Waals surface area contributed by atoms with Gasteiger partial charge < -0.3 is 4.57 Å². The van der Waals surface area contributed by atoms with Crippen molar-refractivity contribution in [3.8, 4) is 0 Å². The molecule has 2 heterocycles. The zero-order valence-electron chi connectivity index (χ0n) is 8.89. The molecule has 6 nitrogen and oxygen atoms in total. The second kappa shape index (κ2) is 3.73. The molecule has 76 valence electrons. The molecule has 0 N–H and O–H groups in total. The molecule has 0 saturated heterocycles. The monoisotopic (exact) mass is 258 g/mol. The van der Waals surface area contributed by atoms with Crippen molar-refractivity contribution in [3.05, 3.63) is 27.2 Å². The van der Waals surface area contributed by atoms with E-state index in [1.54, 1.807) is 18.7 Å². The predicted molar refractivity (Wildman–Crippen MR) is 51.2 cm³/mol. The van der Waals surface area contributed by atoms with Gasteiger partial charge in [-0.15, -0.1) is 0 Å². The number of aryl methyl sites for hydroxylation is 2. The molecule has 0 atom stereocenters. The smallest absolute Gasteiger partial charge is 0.328 e. The van der Waals surface area contributed by atoms with Crippen LogP contribution in [0.25, 0.3) is 11.2 Å². The molecule has 0 bridgehead atoms. The first-order chi connectivity index (χ1) is 6.54. The van der Waals surface area contributed by atoms with E-state index < -0.39 is 0 Å². The number of aromatic nitrogens is 4. The van der Waals surface area contributed by atoms with Gasteiger partial charge in [0.25, 0.3) is 5.56 Å². The third-order valence-corrected chi connectivity index (χ3v) is 2.32. The molecule has 2 aromatic rings. The van der Waals surface area contributed by atoms with Crippen LogP contribution >= 0.6 is 0 Å². The Morgan fingerprint density at radius 2 is 1.73 bits per heavy atom.